The SMILES string of the molecule is CC(=O)C(=O)n1ccnc1N. The summed E-state index contributed by atoms with van der Waals surface area (Å²) in [6.45, 7) is 1.18. The van der Waals surface area contributed by atoms with E-state index in [1.165, 1.54) is 19.3 Å². The molecule has 0 saturated heterocycles. The molecule has 1 aromatic rings. The van der Waals surface area contributed by atoms with Crippen molar-refractivity contribution in [1.29, 1.82) is 0 Å². The molecule has 0 aliphatic rings. The number of hydrogen-bond donors (Lipinski definition) is 1. The van der Waals surface area contributed by atoms with Crippen LogP contribution < -0.4 is 5.73 Å². The molecule has 5 nitrogen and oxygen atoms in total. The molecule has 0 saturated carbocycles. The summed E-state index contributed by atoms with van der Waals surface area (Å²) in [4.78, 5) is 25.0. The first kappa shape index (κ1) is 7.46. The van der Waals surface area contributed by atoms with Crippen LogP contribution in [0, 0.1) is 0 Å². The zero-order valence-electron chi connectivity index (χ0n) is 5.94. The lowest BCUT2D eigenvalue weighted by molar-refractivity contribution is -0.113. The highest BCUT2D eigenvalue weighted by atomic mass is 16.2. The van der Waals surface area contributed by atoms with Gasteiger partial charge in [0.25, 0.3) is 5.91 Å². The summed E-state index contributed by atoms with van der Waals surface area (Å²) in [6, 6.07) is 0. The number of aromatic nitrogens is 2. The lowest BCUT2D eigenvalue weighted by Crippen LogP contribution is -2.19. The van der Waals surface area contributed by atoms with Gasteiger partial charge in [0.2, 0.25) is 11.7 Å². The van der Waals surface area contributed by atoms with Crippen LogP contribution in [0.4, 0.5) is 5.95 Å². The molecule has 1 aromatic heterocycles. The lowest BCUT2D eigenvalue weighted by atomic mass is 10.4. The van der Waals surface area contributed by atoms with Gasteiger partial charge in [0.1, 0.15) is 0 Å². The Kier molecular flexibility index (Phi) is 1.72. The first-order valence-electron chi connectivity index (χ1n) is 2.97. The van der Waals surface area contributed by atoms with E-state index >= 15 is 0 Å². The van der Waals surface area contributed by atoms with Gasteiger partial charge in [-0.05, 0) is 0 Å². The van der Waals surface area contributed by atoms with Crippen LogP contribution >= 0.6 is 0 Å². The second-order valence-electron chi connectivity index (χ2n) is 2.02. The Hall–Kier alpha value is -1.65. The van der Waals surface area contributed by atoms with Crippen molar-refractivity contribution in [1.82, 2.24) is 9.55 Å². The molecule has 0 aromatic carbocycles. The van der Waals surface area contributed by atoms with E-state index in [0.29, 0.717) is 0 Å². The highest BCUT2D eigenvalue weighted by Crippen LogP contribution is 1.97. The minimum Gasteiger partial charge on any atom is -0.369 e. The molecule has 0 spiro atoms. The van der Waals surface area contributed by atoms with Crippen LogP contribution in [-0.2, 0) is 4.79 Å². The van der Waals surface area contributed by atoms with E-state index in [0.717, 1.165) is 4.57 Å². The summed E-state index contributed by atoms with van der Waals surface area (Å²) in [7, 11) is 0. The summed E-state index contributed by atoms with van der Waals surface area (Å²) < 4.78 is 1.00. The molecule has 58 valence electrons. The lowest BCUT2D eigenvalue weighted by Gasteiger charge is -1.96. The van der Waals surface area contributed by atoms with Crippen molar-refractivity contribution in [3.05, 3.63) is 12.4 Å². The predicted molar refractivity (Wildman–Crippen MR) is 37.9 cm³/mol. The largest absolute Gasteiger partial charge is 0.369 e. The molecule has 0 amide bonds. The highest BCUT2D eigenvalue weighted by Gasteiger charge is 2.11. The number of nitrogen functional groups attached to an aromatic ring is 1. The van der Waals surface area contributed by atoms with E-state index in [2.05, 4.69) is 4.98 Å². The Bertz CT molecular complexity index is 303. The van der Waals surface area contributed by atoms with Crippen LogP contribution in [0.1, 0.15) is 11.7 Å². The van der Waals surface area contributed by atoms with Crippen LogP contribution in [0.3, 0.4) is 0 Å². The molecule has 0 bridgehead atoms. The standard InChI is InChI=1S/C6H7N3O2/c1-4(10)5(11)9-3-2-8-6(9)7/h2-3H,1H3,(H2,7,8). The maximum Gasteiger partial charge on any atom is 0.300 e. The van der Waals surface area contributed by atoms with Gasteiger partial charge >= 0.3 is 0 Å². The van der Waals surface area contributed by atoms with Crippen LogP contribution in [0.2, 0.25) is 0 Å². The first-order chi connectivity index (χ1) is 5.13. The number of ketones is 1. The number of rotatable bonds is 1. The molecule has 0 radical (unpaired) electrons. The predicted octanol–water partition coefficient (Wildman–Crippen LogP) is -0.306. The number of carbonyl (C=O) groups excluding carboxylic acids is 2. The number of anilines is 1. The second-order valence-corrected chi connectivity index (χ2v) is 2.02. The Morgan fingerprint density at radius 3 is 2.64 bits per heavy atom. The highest BCUT2D eigenvalue weighted by molar-refractivity contribution is 6.36. The van der Waals surface area contributed by atoms with Crippen molar-refractivity contribution in [2.45, 2.75) is 6.92 Å². The summed E-state index contributed by atoms with van der Waals surface area (Å²) in [5, 5.41) is 0. The Morgan fingerprint density at radius 2 is 2.27 bits per heavy atom. The molecule has 0 aliphatic heterocycles. The van der Waals surface area contributed by atoms with Gasteiger partial charge in [-0.2, -0.15) is 0 Å². The molecule has 0 atom stereocenters. The summed E-state index contributed by atoms with van der Waals surface area (Å²) in [6.07, 6.45) is 2.70. The maximum atomic E-state index is 10.9. The van der Waals surface area contributed by atoms with E-state index in [1.54, 1.807) is 0 Å². The number of hydrogen-bond acceptors (Lipinski definition) is 4. The van der Waals surface area contributed by atoms with Gasteiger partial charge in [-0.1, -0.05) is 0 Å². The Morgan fingerprint density at radius 1 is 1.64 bits per heavy atom. The molecule has 0 unspecified atom stereocenters. The number of nitrogens with zero attached hydrogens (tertiary/aromatic N) is 2. The minimum atomic E-state index is -0.667. The van der Waals surface area contributed by atoms with Crippen molar-refractivity contribution in [2.24, 2.45) is 0 Å². The first-order valence-corrected chi connectivity index (χ1v) is 2.97. The topological polar surface area (TPSA) is 78.0 Å². The Balaban J connectivity index is 3.02. The molecular weight excluding hydrogens is 146 g/mol. The van der Waals surface area contributed by atoms with Crippen molar-refractivity contribution in [3.63, 3.8) is 0 Å². The third-order valence-corrected chi connectivity index (χ3v) is 1.19. The molecular formula is C6H7N3O2. The molecule has 0 aliphatic carbocycles. The molecule has 0 fully saturated rings. The molecule has 1 rings (SSSR count). The van der Waals surface area contributed by atoms with Gasteiger partial charge in [-0.3, -0.25) is 9.59 Å². The molecule has 5 heteroatoms. The van der Waals surface area contributed by atoms with Crippen molar-refractivity contribution < 1.29 is 9.59 Å². The molecule has 1 heterocycles. The number of nitrogens with two attached hydrogens (primary N) is 1. The molecule has 2 N–H and O–H groups in total. The summed E-state index contributed by atoms with van der Waals surface area (Å²) >= 11 is 0. The fourth-order valence-corrected chi connectivity index (χ4v) is 0.656. The van der Waals surface area contributed by atoms with Crippen molar-refractivity contribution in [3.8, 4) is 0 Å². The van der Waals surface area contributed by atoms with Crippen molar-refractivity contribution in [2.75, 3.05) is 5.73 Å². The normalized spacial score (nSPS) is 9.55. The average Bonchev–Trinajstić information content (AvgIpc) is 2.33. The smallest absolute Gasteiger partial charge is 0.300 e. The fourth-order valence-electron chi connectivity index (χ4n) is 0.656. The fraction of sp³-hybridized carbons (Fsp3) is 0.167. The monoisotopic (exact) mass is 153 g/mol. The number of Topliss-reactive ketones (excluding diaryl/α,β-unsaturated/α-hetero) is 1. The molecule has 11 heavy (non-hydrogen) atoms. The quantitative estimate of drug-likeness (QED) is 0.561. The second kappa shape index (κ2) is 2.53. The van der Waals surface area contributed by atoms with Crippen molar-refractivity contribution >= 4 is 17.6 Å². The van der Waals surface area contributed by atoms with Crippen LogP contribution in [-0.4, -0.2) is 21.2 Å². The van der Waals surface area contributed by atoms with Gasteiger partial charge in [0, 0.05) is 19.3 Å². The van der Waals surface area contributed by atoms with Gasteiger partial charge in [-0.25, -0.2) is 9.55 Å². The number of carbonyl (C=O) groups is 2. The Labute approximate surface area is 62.8 Å². The van der Waals surface area contributed by atoms with Gasteiger partial charge < -0.3 is 5.73 Å². The van der Waals surface area contributed by atoms with E-state index in [1.807, 2.05) is 0 Å². The van der Waals surface area contributed by atoms with Gasteiger partial charge in [0.05, 0.1) is 0 Å². The van der Waals surface area contributed by atoms with Crippen LogP contribution in [0.25, 0.3) is 0 Å². The van der Waals surface area contributed by atoms with E-state index in [9.17, 15) is 9.59 Å². The maximum absolute atomic E-state index is 10.9. The zero-order chi connectivity index (χ0) is 8.43. The van der Waals surface area contributed by atoms with E-state index in [4.69, 9.17) is 5.73 Å². The van der Waals surface area contributed by atoms with E-state index in [-0.39, 0.29) is 5.95 Å². The summed E-state index contributed by atoms with van der Waals surface area (Å²) in [5.74, 6) is -1.19. The third kappa shape index (κ3) is 1.26. The van der Waals surface area contributed by atoms with E-state index < -0.39 is 11.7 Å². The minimum absolute atomic E-state index is 0.0326. The van der Waals surface area contributed by atoms with Gasteiger partial charge in [-0.15, -0.1) is 0 Å². The van der Waals surface area contributed by atoms with Gasteiger partial charge in [0.15, 0.2) is 0 Å². The third-order valence-electron chi connectivity index (χ3n) is 1.19. The van der Waals surface area contributed by atoms with Crippen LogP contribution in [0.5, 0.6) is 0 Å². The average molecular weight is 153 g/mol. The zero-order valence-corrected chi connectivity index (χ0v) is 5.94. The van der Waals surface area contributed by atoms with Crippen LogP contribution in [0.15, 0.2) is 12.4 Å². The number of imidazole rings is 1. The summed E-state index contributed by atoms with van der Waals surface area (Å²) in [5.41, 5.74) is 5.26.